The summed E-state index contributed by atoms with van der Waals surface area (Å²) in [5.74, 6) is -1.59. The van der Waals surface area contributed by atoms with Crippen LogP contribution in [-0.4, -0.2) is 17.0 Å². The van der Waals surface area contributed by atoms with Crippen LogP contribution >= 0.6 is 0 Å². The van der Waals surface area contributed by atoms with E-state index in [1.165, 1.54) is 0 Å². The zero-order chi connectivity index (χ0) is 10.2. The maximum atomic E-state index is 11.2. The SMILES string of the molecule is O=C1CC(O)(c2ccccc2)C(=O)O1. The van der Waals surface area contributed by atoms with Crippen molar-refractivity contribution < 1.29 is 19.4 Å². The van der Waals surface area contributed by atoms with E-state index in [-0.39, 0.29) is 6.42 Å². The maximum Gasteiger partial charge on any atom is 0.351 e. The van der Waals surface area contributed by atoms with Gasteiger partial charge in [0.25, 0.3) is 0 Å². The third-order valence-corrected chi connectivity index (χ3v) is 2.20. The summed E-state index contributed by atoms with van der Waals surface area (Å²) < 4.78 is 4.30. The molecule has 0 bridgehead atoms. The lowest BCUT2D eigenvalue weighted by molar-refractivity contribution is -0.159. The van der Waals surface area contributed by atoms with Gasteiger partial charge in [-0.05, 0) is 5.56 Å². The lowest BCUT2D eigenvalue weighted by Crippen LogP contribution is -2.30. The Morgan fingerprint density at radius 2 is 1.86 bits per heavy atom. The third-order valence-electron chi connectivity index (χ3n) is 2.20. The number of hydrogen-bond acceptors (Lipinski definition) is 4. The van der Waals surface area contributed by atoms with Gasteiger partial charge < -0.3 is 9.84 Å². The van der Waals surface area contributed by atoms with Gasteiger partial charge in [0.1, 0.15) is 0 Å². The smallest absolute Gasteiger partial charge is 0.351 e. The van der Waals surface area contributed by atoms with E-state index in [2.05, 4.69) is 4.74 Å². The van der Waals surface area contributed by atoms with Crippen molar-refractivity contribution in [1.82, 2.24) is 0 Å². The van der Waals surface area contributed by atoms with E-state index in [9.17, 15) is 14.7 Å². The van der Waals surface area contributed by atoms with Gasteiger partial charge in [0.2, 0.25) is 0 Å². The molecule has 1 aliphatic rings. The number of ether oxygens (including phenoxy) is 1. The van der Waals surface area contributed by atoms with Crippen LogP contribution in [0.15, 0.2) is 30.3 Å². The number of aliphatic hydroxyl groups is 1. The van der Waals surface area contributed by atoms with Crippen molar-refractivity contribution in [3.8, 4) is 0 Å². The van der Waals surface area contributed by atoms with E-state index in [1.54, 1.807) is 30.3 Å². The number of carbonyl (C=O) groups is 2. The van der Waals surface area contributed by atoms with Gasteiger partial charge in [0, 0.05) is 0 Å². The average Bonchev–Trinajstić information content (AvgIpc) is 2.43. The first-order chi connectivity index (χ1) is 6.63. The molecular formula is C10H8O4. The molecule has 0 amide bonds. The summed E-state index contributed by atoms with van der Waals surface area (Å²) in [5, 5.41) is 9.91. The van der Waals surface area contributed by atoms with Crippen molar-refractivity contribution in [3.63, 3.8) is 0 Å². The number of esters is 2. The molecule has 1 heterocycles. The predicted molar refractivity (Wildman–Crippen MR) is 46.1 cm³/mol. The Morgan fingerprint density at radius 1 is 1.21 bits per heavy atom. The second-order valence-electron chi connectivity index (χ2n) is 3.16. The van der Waals surface area contributed by atoms with Crippen molar-refractivity contribution in [2.45, 2.75) is 12.0 Å². The number of rotatable bonds is 1. The molecule has 4 nitrogen and oxygen atoms in total. The molecule has 0 radical (unpaired) electrons. The largest absolute Gasteiger partial charge is 0.391 e. The summed E-state index contributed by atoms with van der Waals surface area (Å²) in [6.07, 6.45) is -0.310. The van der Waals surface area contributed by atoms with E-state index in [1.807, 2.05) is 0 Å². The van der Waals surface area contributed by atoms with Crippen LogP contribution in [0.5, 0.6) is 0 Å². The molecule has 0 aromatic heterocycles. The Balaban J connectivity index is 2.43. The minimum atomic E-state index is -1.79. The van der Waals surface area contributed by atoms with Crippen molar-refractivity contribution in [2.75, 3.05) is 0 Å². The molecule has 0 spiro atoms. The van der Waals surface area contributed by atoms with E-state index in [0.29, 0.717) is 5.56 Å². The van der Waals surface area contributed by atoms with Gasteiger partial charge in [-0.2, -0.15) is 0 Å². The molecule has 1 aromatic rings. The Hall–Kier alpha value is -1.68. The van der Waals surface area contributed by atoms with Gasteiger partial charge in [0.05, 0.1) is 6.42 Å². The number of cyclic esters (lactones) is 2. The highest BCUT2D eigenvalue weighted by Crippen LogP contribution is 2.31. The van der Waals surface area contributed by atoms with Crippen LogP contribution in [0.25, 0.3) is 0 Å². The van der Waals surface area contributed by atoms with Crippen molar-refractivity contribution in [1.29, 1.82) is 0 Å². The standard InChI is InChI=1S/C10H8O4/c11-8-6-10(13,9(12)14-8)7-4-2-1-3-5-7/h1-5,13H,6H2. The number of benzene rings is 1. The summed E-state index contributed by atoms with van der Waals surface area (Å²) >= 11 is 0. The molecule has 2 rings (SSSR count). The van der Waals surface area contributed by atoms with Gasteiger partial charge in [-0.1, -0.05) is 30.3 Å². The molecule has 1 aliphatic heterocycles. The Morgan fingerprint density at radius 3 is 2.36 bits per heavy atom. The highest BCUT2D eigenvalue weighted by Gasteiger charge is 2.49. The maximum absolute atomic E-state index is 11.2. The van der Waals surface area contributed by atoms with E-state index < -0.39 is 17.5 Å². The molecule has 1 aromatic carbocycles. The summed E-state index contributed by atoms with van der Waals surface area (Å²) in [5.41, 5.74) is -1.41. The summed E-state index contributed by atoms with van der Waals surface area (Å²) in [6, 6.07) is 8.29. The van der Waals surface area contributed by atoms with Gasteiger partial charge in [-0.3, -0.25) is 4.79 Å². The fraction of sp³-hybridized carbons (Fsp3) is 0.200. The molecule has 1 N–H and O–H groups in total. The fourth-order valence-electron chi connectivity index (χ4n) is 1.44. The first-order valence-corrected chi connectivity index (χ1v) is 4.16. The van der Waals surface area contributed by atoms with Crippen molar-refractivity contribution in [2.24, 2.45) is 0 Å². The second kappa shape index (κ2) is 2.92. The first kappa shape index (κ1) is 8.90. The normalized spacial score (nSPS) is 26.4. The molecule has 4 heteroatoms. The minimum Gasteiger partial charge on any atom is -0.391 e. The highest BCUT2D eigenvalue weighted by atomic mass is 16.6. The molecule has 1 fully saturated rings. The van der Waals surface area contributed by atoms with Gasteiger partial charge in [-0.15, -0.1) is 0 Å². The number of carbonyl (C=O) groups excluding carboxylic acids is 2. The fourth-order valence-corrected chi connectivity index (χ4v) is 1.44. The summed E-state index contributed by atoms with van der Waals surface area (Å²) in [4.78, 5) is 22.1. The molecule has 14 heavy (non-hydrogen) atoms. The molecule has 0 saturated carbocycles. The van der Waals surface area contributed by atoms with Crippen LogP contribution in [0.3, 0.4) is 0 Å². The molecule has 1 unspecified atom stereocenters. The van der Waals surface area contributed by atoms with Crippen LogP contribution in [0, 0.1) is 0 Å². The first-order valence-electron chi connectivity index (χ1n) is 4.16. The van der Waals surface area contributed by atoms with E-state index >= 15 is 0 Å². The highest BCUT2D eigenvalue weighted by molar-refractivity contribution is 5.99. The average molecular weight is 192 g/mol. The molecular weight excluding hydrogens is 184 g/mol. The van der Waals surface area contributed by atoms with Crippen molar-refractivity contribution in [3.05, 3.63) is 35.9 Å². The van der Waals surface area contributed by atoms with Gasteiger partial charge in [0.15, 0.2) is 5.60 Å². The van der Waals surface area contributed by atoms with E-state index in [4.69, 9.17) is 0 Å². The summed E-state index contributed by atoms with van der Waals surface area (Å²) in [7, 11) is 0. The van der Waals surface area contributed by atoms with Crippen LogP contribution in [0.1, 0.15) is 12.0 Å². The van der Waals surface area contributed by atoms with Crippen LogP contribution in [0.2, 0.25) is 0 Å². The monoisotopic (exact) mass is 192 g/mol. The quantitative estimate of drug-likeness (QED) is 0.515. The zero-order valence-electron chi connectivity index (χ0n) is 7.27. The molecule has 1 saturated heterocycles. The van der Waals surface area contributed by atoms with E-state index in [0.717, 1.165) is 0 Å². The summed E-state index contributed by atoms with van der Waals surface area (Å²) in [6.45, 7) is 0. The third kappa shape index (κ3) is 1.20. The lowest BCUT2D eigenvalue weighted by Gasteiger charge is -2.16. The van der Waals surface area contributed by atoms with Crippen LogP contribution in [-0.2, 0) is 19.9 Å². The van der Waals surface area contributed by atoms with Gasteiger partial charge >= 0.3 is 11.9 Å². The zero-order valence-corrected chi connectivity index (χ0v) is 7.27. The molecule has 72 valence electrons. The molecule has 1 atom stereocenters. The van der Waals surface area contributed by atoms with Crippen LogP contribution < -0.4 is 0 Å². The number of hydrogen-bond donors (Lipinski definition) is 1. The topological polar surface area (TPSA) is 63.6 Å². The predicted octanol–water partition coefficient (Wildman–Crippen LogP) is 0.348. The Kier molecular flexibility index (Phi) is 1.86. The molecule has 0 aliphatic carbocycles. The minimum absolute atomic E-state index is 0.310. The van der Waals surface area contributed by atoms with Crippen molar-refractivity contribution >= 4 is 11.9 Å². The lowest BCUT2D eigenvalue weighted by atomic mass is 9.92. The second-order valence-corrected chi connectivity index (χ2v) is 3.16. The Bertz CT molecular complexity index is 384. The Labute approximate surface area is 80.1 Å². The van der Waals surface area contributed by atoms with Gasteiger partial charge in [-0.25, -0.2) is 4.79 Å². The van der Waals surface area contributed by atoms with Crippen LogP contribution in [0.4, 0.5) is 0 Å².